The summed E-state index contributed by atoms with van der Waals surface area (Å²) in [5, 5.41) is 10.0. The van der Waals surface area contributed by atoms with Crippen molar-refractivity contribution in [3.8, 4) is 0 Å². The molecule has 8 nitrogen and oxygen atoms in total. The Hall–Kier alpha value is -1.48. The first-order valence-electron chi connectivity index (χ1n) is 5.36. The van der Waals surface area contributed by atoms with Crippen LogP contribution < -0.4 is 11.1 Å². The Balaban J connectivity index is 2.46. The number of rotatable bonds is 6. The maximum Gasteiger partial charge on any atom is 0.242 e. The van der Waals surface area contributed by atoms with E-state index in [1.807, 2.05) is 0 Å². The molecule has 0 aliphatic carbocycles. The topological polar surface area (TPSA) is 120 Å². The maximum atomic E-state index is 11.6. The zero-order chi connectivity index (χ0) is 13.8. The van der Waals surface area contributed by atoms with Gasteiger partial charge in [0, 0.05) is 18.8 Å². The second kappa shape index (κ2) is 5.91. The number of nitrogens with two attached hydrogens (primary N) is 1. The molecule has 0 saturated heterocycles. The summed E-state index contributed by atoms with van der Waals surface area (Å²) in [6.07, 6.45) is 2.70. The molecule has 1 amide bonds. The third-order valence-electron chi connectivity index (χ3n) is 2.06. The Morgan fingerprint density at radius 2 is 2.28 bits per heavy atom. The van der Waals surface area contributed by atoms with Gasteiger partial charge in [-0.15, -0.1) is 5.10 Å². The lowest BCUT2D eigenvalue weighted by Gasteiger charge is -2.12. The Morgan fingerprint density at radius 1 is 1.61 bits per heavy atom. The van der Waals surface area contributed by atoms with Crippen molar-refractivity contribution in [3.05, 3.63) is 11.9 Å². The van der Waals surface area contributed by atoms with Crippen LogP contribution >= 0.6 is 0 Å². The zero-order valence-corrected chi connectivity index (χ0v) is 11.1. The van der Waals surface area contributed by atoms with E-state index in [9.17, 15) is 13.2 Å². The molecule has 0 bridgehead atoms. The highest BCUT2D eigenvalue weighted by Gasteiger charge is 2.13. The lowest BCUT2D eigenvalue weighted by molar-refractivity contribution is -0.122. The summed E-state index contributed by atoms with van der Waals surface area (Å²) >= 11 is 0. The molecule has 0 aliphatic rings. The van der Waals surface area contributed by atoms with Crippen molar-refractivity contribution in [1.29, 1.82) is 0 Å². The van der Waals surface area contributed by atoms with E-state index in [2.05, 4.69) is 15.6 Å². The molecular weight excluding hydrogens is 258 g/mol. The largest absolute Gasteiger partial charge is 0.351 e. The van der Waals surface area contributed by atoms with Crippen LogP contribution in [0.5, 0.6) is 0 Å². The molecule has 1 heterocycles. The summed E-state index contributed by atoms with van der Waals surface area (Å²) in [5.41, 5.74) is 5.95. The van der Waals surface area contributed by atoms with Crippen LogP contribution in [0.4, 0.5) is 0 Å². The molecule has 102 valence electrons. The monoisotopic (exact) mass is 275 g/mol. The SMILES string of the molecule is CC(CS(C)(=O)=O)NC(=O)Cn1cc(CN)nn1. The molecule has 1 aromatic rings. The second-order valence-electron chi connectivity index (χ2n) is 4.17. The fourth-order valence-corrected chi connectivity index (χ4v) is 2.46. The average Bonchev–Trinajstić information content (AvgIpc) is 2.61. The van der Waals surface area contributed by atoms with E-state index in [1.54, 1.807) is 13.1 Å². The van der Waals surface area contributed by atoms with Crippen LogP contribution in [0.3, 0.4) is 0 Å². The van der Waals surface area contributed by atoms with E-state index < -0.39 is 15.9 Å². The molecule has 0 spiro atoms. The second-order valence-corrected chi connectivity index (χ2v) is 6.36. The van der Waals surface area contributed by atoms with Gasteiger partial charge in [-0.3, -0.25) is 4.79 Å². The van der Waals surface area contributed by atoms with Crippen LogP contribution in [-0.4, -0.2) is 47.4 Å². The fraction of sp³-hybridized carbons (Fsp3) is 0.667. The molecule has 1 rings (SSSR count). The molecule has 18 heavy (non-hydrogen) atoms. The summed E-state index contributed by atoms with van der Waals surface area (Å²) < 4.78 is 23.4. The quantitative estimate of drug-likeness (QED) is 0.637. The molecule has 0 fully saturated rings. The van der Waals surface area contributed by atoms with Crippen LogP contribution in [0.1, 0.15) is 12.6 Å². The van der Waals surface area contributed by atoms with Crippen LogP contribution in [0.15, 0.2) is 6.20 Å². The lowest BCUT2D eigenvalue weighted by atomic mass is 10.4. The van der Waals surface area contributed by atoms with E-state index in [4.69, 9.17) is 5.73 Å². The Morgan fingerprint density at radius 3 is 2.78 bits per heavy atom. The Kier molecular flexibility index (Phi) is 4.79. The molecule has 0 radical (unpaired) electrons. The molecule has 0 aromatic carbocycles. The van der Waals surface area contributed by atoms with Crippen molar-refractivity contribution in [2.45, 2.75) is 26.1 Å². The van der Waals surface area contributed by atoms with Gasteiger partial charge >= 0.3 is 0 Å². The van der Waals surface area contributed by atoms with Gasteiger partial charge in [0.05, 0.1) is 17.6 Å². The molecule has 1 unspecified atom stereocenters. The molecule has 1 aromatic heterocycles. The minimum atomic E-state index is -3.11. The van der Waals surface area contributed by atoms with Crippen molar-refractivity contribution in [2.24, 2.45) is 5.73 Å². The summed E-state index contributed by atoms with van der Waals surface area (Å²) in [5.74, 6) is -0.413. The van der Waals surface area contributed by atoms with Gasteiger partial charge in [0.25, 0.3) is 0 Å². The molecule has 9 heteroatoms. The highest BCUT2D eigenvalue weighted by molar-refractivity contribution is 7.90. The van der Waals surface area contributed by atoms with E-state index in [1.165, 1.54) is 4.68 Å². The van der Waals surface area contributed by atoms with Crippen LogP contribution in [-0.2, 0) is 27.7 Å². The number of amides is 1. The lowest BCUT2D eigenvalue weighted by Crippen LogP contribution is -2.39. The highest BCUT2D eigenvalue weighted by Crippen LogP contribution is 1.93. The first kappa shape index (κ1) is 14.6. The van der Waals surface area contributed by atoms with Crippen LogP contribution in [0, 0.1) is 0 Å². The van der Waals surface area contributed by atoms with Crippen molar-refractivity contribution >= 4 is 15.7 Å². The maximum absolute atomic E-state index is 11.6. The van der Waals surface area contributed by atoms with Crippen LogP contribution in [0.25, 0.3) is 0 Å². The predicted molar refractivity (Wildman–Crippen MR) is 65.2 cm³/mol. The van der Waals surface area contributed by atoms with Crippen molar-refractivity contribution in [3.63, 3.8) is 0 Å². The third kappa shape index (κ3) is 5.23. The summed E-state index contributed by atoms with van der Waals surface area (Å²) in [4.78, 5) is 11.6. The van der Waals surface area contributed by atoms with Gasteiger partial charge in [-0.1, -0.05) is 5.21 Å². The van der Waals surface area contributed by atoms with Gasteiger partial charge in [-0.25, -0.2) is 13.1 Å². The molecule has 0 aliphatic heterocycles. The molecular formula is C9H17N5O3S. The van der Waals surface area contributed by atoms with E-state index >= 15 is 0 Å². The highest BCUT2D eigenvalue weighted by atomic mass is 32.2. The van der Waals surface area contributed by atoms with Gasteiger partial charge in [0.1, 0.15) is 16.4 Å². The van der Waals surface area contributed by atoms with Gasteiger partial charge in [0.15, 0.2) is 0 Å². The zero-order valence-electron chi connectivity index (χ0n) is 10.3. The minimum absolute atomic E-state index is 0.0128. The summed E-state index contributed by atoms with van der Waals surface area (Å²) in [6, 6.07) is -0.440. The fourth-order valence-electron chi connectivity index (χ4n) is 1.47. The smallest absolute Gasteiger partial charge is 0.242 e. The summed E-state index contributed by atoms with van der Waals surface area (Å²) in [7, 11) is -3.11. The van der Waals surface area contributed by atoms with E-state index in [0.717, 1.165) is 6.26 Å². The number of sulfone groups is 1. The average molecular weight is 275 g/mol. The molecule has 1 atom stereocenters. The standard InChI is InChI=1S/C9H17N5O3S/c1-7(6-18(2,16)17)11-9(15)5-14-4-8(3-10)12-13-14/h4,7H,3,5-6,10H2,1-2H3,(H,11,15). The van der Waals surface area contributed by atoms with Gasteiger partial charge < -0.3 is 11.1 Å². The Labute approximate surface area is 105 Å². The number of aromatic nitrogens is 3. The first-order chi connectivity index (χ1) is 8.30. The van der Waals surface area contributed by atoms with E-state index in [0.29, 0.717) is 5.69 Å². The van der Waals surface area contributed by atoms with Crippen LogP contribution in [0.2, 0.25) is 0 Å². The predicted octanol–water partition coefficient (Wildman–Crippen LogP) is -1.71. The van der Waals surface area contributed by atoms with Crippen molar-refractivity contribution in [2.75, 3.05) is 12.0 Å². The number of hydrogen-bond acceptors (Lipinski definition) is 6. The summed E-state index contributed by atoms with van der Waals surface area (Å²) in [6.45, 7) is 1.87. The van der Waals surface area contributed by atoms with Gasteiger partial charge in [-0.2, -0.15) is 0 Å². The third-order valence-corrected chi connectivity index (χ3v) is 3.17. The number of carbonyl (C=O) groups excluding carboxylic acids is 1. The molecule has 0 saturated carbocycles. The van der Waals surface area contributed by atoms with Gasteiger partial charge in [-0.05, 0) is 6.92 Å². The number of nitrogens with zero attached hydrogens (tertiary/aromatic N) is 3. The van der Waals surface area contributed by atoms with Crippen molar-refractivity contribution < 1.29 is 13.2 Å². The minimum Gasteiger partial charge on any atom is -0.351 e. The molecule has 3 N–H and O–H groups in total. The number of nitrogens with one attached hydrogen (secondary N) is 1. The normalized spacial score (nSPS) is 13.3. The first-order valence-corrected chi connectivity index (χ1v) is 7.42. The van der Waals surface area contributed by atoms with Gasteiger partial charge in [0.2, 0.25) is 5.91 Å². The number of hydrogen-bond donors (Lipinski definition) is 2. The Bertz CT molecular complexity index is 510. The van der Waals surface area contributed by atoms with E-state index in [-0.39, 0.29) is 24.7 Å². The number of carbonyl (C=O) groups is 1. The van der Waals surface area contributed by atoms with Crippen molar-refractivity contribution in [1.82, 2.24) is 20.3 Å².